The minimum atomic E-state index is -0.802. The first-order valence-electron chi connectivity index (χ1n) is 9.46. The normalized spacial score (nSPS) is 11.3. The van der Waals surface area contributed by atoms with E-state index in [4.69, 9.17) is 18.6 Å². The second-order valence-corrected chi connectivity index (χ2v) is 6.52. The Morgan fingerprint density at radius 3 is 2.43 bits per heavy atom. The third kappa shape index (κ3) is 6.00. The smallest absolute Gasteiger partial charge is 0.340 e. The molecule has 0 saturated carbocycles. The molecule has 0 aliphatic heterocycles. The monoisotopic (exact) mass is 418 g/mol. The number of carbonyl (C=O) groups is 3. The number of ether oxygens (including phenoxy) is 3. The van der Waals surface area contributed by atoms with Crippen molar-refractivity contribution < 1.29 is 33.0 Å². The Morgan fingerprint density at radius 1 is 1.13 bits per heavy atom. The maximum atomic E-state index is 12.6. The van der Waals surface area contributed by atoms with E-state index in [0.29, 0.717) is 5.75 Å². The van der Waals surface area contributed by atoms with Gasteiger partial charge >= 0.3 is 5.97 Å². The van der Waals surface area contributed by atoms with E-state index in [-0.39, 0.29) is 28.8 Å². The lowest BCUT2D eigenvalue weighted by molar-refractivity contribution is -0.124. The summed E-state index contributed by atoms with van der Waals surface area (Å²) in [6.07, 6.45) is 3.10. The summed E-state index contributed by atoms with van der Waals surface area (Å²) in [5, 5.41) is 5.34. The second-order valence-electron chi connectivity index (χ2n) is 6.52. The maximum Gasteiger partial charge on any atom is 0.340 e. The molecule has 0 unspecified atom stereocenters. The van der Waals surface area contributed by atoms with Crippen LogP contribution in [0.1, 0.15) is 47.6 Å². The molecular weight excluding hydrogens is 392 g/mol. The van der Waals surface area contributed by atoms with Gasteiger partial charge in [0.25, 0.3) is 11.8 Å². The molecule has 162 valence electrons. The van der Waals surface area contributed by atoms with E-state index in [1.165, 1.54) is 38.7 Å². The van der Waals surface area contributed by atoms with Gasteiger partial charge in [-0.15, -0.1) is 0 Å². The topological polar surface area (TPSA) is 116 Å². The molecule has 1 atom stereocenters. The van der Waals surface area contributed by atoms with Crippen molar-refractivity contribution in [2.75, 3.05) is 26.1 Å². The first-order valence-corrected chi connectivity index (χ1v) is 9.46. The first kappa shape index (κ1) is 22.8. The molecule has 0 aliphatic carbocycles. The van der Waals surface area contributed by atoms with Gasteiger partial charge in [0.1, 0.15) is 0 Å². The van der Waals surface area contributed by atoms with Gasteiger partial charge in [-0.1, -0.05) is 13.3 Å². The summed E-state index contributed by atoms with van der Waals surface area (Å²) in [4.78, 5) is 37.0. The van der Waals surface area contributed by atoms with Crippen LogP contribution in [-0.4, -0.2) is 44.7 Å². The molecule has 1 aromatic carbocycles. The maximum absolute atomic E-state index is 12.6. The van der Waals surface area contributed by atoms with Crippen LogP contribution in [-0.2, 0) is 9.53 Å². The van der Waals surface area contributed by atoms with E-state index in [1.807, 2.05) is 13.8 Å². The molecule has 9 heteroatoms. The molecule has 2 amide bonds. The number of methoxy groups -OCH3 is 2. The van der Waals surface area contributed by atoms with Gasteiger partial charge in [0.15, 0.2) is 23.9 Å². The van der Waals surface area contributed by atoms with Crippen molar-refractivity contribution in [1.29, 1.82) is 0 Å². The van der Waals surface area contributed by atoms with Crippen molar-refractivity contribution in [3.8, 4) is 11.5 Å². The number of esters is 1. The average molecular weight is 418 g/mol. The van der Waals surface area contributed by atoms with Crippen molar-refractivity contribution in [3.63, 3.8) is 0 Å². The van der Waals surface area contributed by atoms with Crippen LogP contribution in [0.3, 0.4) is 0 Å². The molecule has 30 heavy (non-hydrogen) atoms. The van der Waals surface area contributed by atoms with Crippen LogP contribution < -0.4 is 20.1 Å². The van der Waals surface area contributed by atoms with Crippen molar-refractivity contribution >= 4 is 23.5 Å². The lowest BCUT2D eigenvalue weighted by atomic mass is 10.1. The summed E-state index contributed by atoms with van der Waals surface area (Å²) in [5.41, 5.74) is 0.126. The third-order valence-corrected chi connectivity index (χ3v) is 4.20. The summed E-state index contributed by atoms with van der Waals surface area (Å²) < 4.78 is 20.7. The SMILES string of the molecule is CCC[C@H](C)NC(=O)COC(=O)c1cc(OC)c(OC)cc1NC(=O)c1ccco1. The van der Waals surface area contributed by atoms with E-state index in [2.05, 4.69) is 10.6 Å². The van der Waals surface area contributed by atoms with Crippen molar-refractivity contribution in [3.05, 3.63) is 41.9 Å². The second kappa shape index (κ2) is 10.9. The molecule has 0 fully saturated rings. The minimum Gasteiger partial charge on any atom is -0.493 e. The lowest BCUT2D eigenvalue weighted by Crippen LogP contribution is -2.35. The molecule has 0 spiro atoms. The number of hydrogen-bond acceptors (Lipinski definition) is 7. The van der Waals surface area contributed by atoms with Gasteiger partial charge < -0.3 is 29.3 Å². The van der Waals surface area contributed by atoms with Crippen molar-refractivity contribution in [2.24, 2.45) is 0 Å². The summed E-state index contributed by atoms with van der Waals surface area (Å²) in [6, 6.07) is 5.83. The zero-order valence-corrected chi connectivity index (χ0v) is 17.4. The molecule has 0 saturated heterocycles. The van der Waals surface area contributed by atoms with Crippen LogP contribution in [0.2, 0.25) is 0 Å². The number of anilines is 1. The molecule has 2 aromatic rings. The van der Waals surface area contributed by atoms with Crippen LogP contribution in [0.15, 0.2) is 34.9 Å². The van der Waals surface area contributed by atoms with Gasteiger partial charge in [-0.25, -0.2) is 4.79 Å². The van der Waals surface area contributed by atoms with Gasteiger partial charge in [0.2, 0.25) is 0 Å². The largest absolute Gasteiger partial charge is 0.493 e. The zero-order chi connectivity index (χ0) is 22.1. The predicted octanol–water partition coefficient (Wildman–Crippen LogP) is 3.01. The Balaban J connectivity index is 2.20. The Morgan fingerprint density at radius 2 is 1.83 bits per heavy atom. The van der Waals surface area contributed by atoms with Gasteiger partial charge in [-0.05, 0) is 25.5 Å². The van der Waals surface area contributed by atoms with Crippen LogP contribution >= 0.6 is 0 Å². The van der Waals surface area contributed by atoms with Crippen molar-refractivity contribution in [2.45, 2.75) is 32.7 Å². The highest BCUT2D eigenvalue weighted by Gasteiger charge is 2.22. The van der Waals surface area contributed by atoms with Crippen LogP contribution in [0, 0.1) is 0 Å². The predicted molar refractivity (Wildman–Crippen MR) is 109 cm³/mol. The molecule has 9 nitrogen and oxygen atoms in total. The summed E-state index contributed by atoms with van der Waals surface area (Å²) >= 11 is 0. The molecule has 0 bridgehead atoms. The number of carbonyl (C=O) groups excluding carboxylic acids is 3. The summed E-state index contributed by atoms with van der Waals surface area (Å²) in [7, 11) is 2.84. The highest BCUT2D eigenvalue weighted by Crippen LogP contribution is 2.34. The Labute approximate surface area is 174 Å². The Bertz CT molecular complexity index is 878. The lowest BCUT2D eigenvalue weighted by Gasteiger charge is -2.16. The average Bonchev–Trinajstić information content (AvgIpc) is 3.26. The van der Waals surface area contributed by atoms with Crippen LogP contribution in [0.5, 0.6) is 11.5 Å². The molecule has 0 aliphatic rings. The van der Waals surface area contributed by atoms with E-state index in [0.717, 1.165) is 12.8 Å². The fourth-order valence-corrected chi connectivity index (χ4v) is 2.77. The van der Waals surface area contributed by atoms with E-state index < -0.39 is 24.4 Å². The summed E-state index contributed by atoms with van der Waals surface area (Å²) in [6.45, 7) is 3.44. The minimum absolute atomic E-state index is 0.00182. The molecule has 2 rings (SSSR count). The highest BCUT2D eigenvalue weighted by atomic mass is 16.5. The third-order valence-electron chi connectivity index (χ3n) is 4.20. The van der Waals surface area contributed by atoms with Gasteiger partial charge in [0.05, 0.1) is 31.7 Å². The van der Waals surface area contributed by atoms with Gasteiger partial charge in [-0.3, -0.25) is 9.59 Å². The summed E-state index contributed by atoms with van der Waals surface area (Å²) in [5.74, 6) is -1.15. The standard InChI is InChI=1S/C21H26N2O7/c1-5-7-13(2)22-19(24)12-30-21(26)14-10-17(27-3)18(28-4)11-15(14)23-20(25)16-8-6-9-29-16/h6,8-11,13H,5,7,12H2,1-4H3,(H,22,24)(H,23,25)/t13-/m0/s1. The number of benzene rings is 1. The van der Waals surface area contributed by atoms with E-state index in [1.54, 1.807) is 6.07 Å². The van der Waals surface area contributed by atoms with E-state index in [9.17, 15) is 14.4 Å². The number of rotatable bonds is 10. The zero-order valence-electron chi connectivity index (χ0n) is 17.4. The Kier molecular flexibility index (Phi) is 8.28. The molecule has 1 aromatic heterocycles. The number of amides is 2. The quantitative estimate of drug-likeness (QED) is 0.570. The van der Waals surface area contributed by atoms with Crippen molar-refractivity contribution in [1.82, 2.24) is 5.32 Å². The number of hydrogen-bond donors (Lipinski definition) is 2. The fraction of sp³-hybridized carbons (Fsp3) is 0.381. The molecule has 0 radical (unpaired) electrons. The fourth-order valence-electron chi connectivity index (χ4n) is 2.77. The van der Waals surface area contributed by atoms with E-state index >= 15 is 0 Å². The van der Waals surface area contributed by atoms with Crippen LogP contribution in [0.25, 0.3) is 0 Å². The number of nitrogens with one attached hydrogen (secondary N) is 2. The van der Waals surface area contributed by atoms with Crippen LogP contribution in [0.4, 0.5) is 5.69 Å². The van der Waals surface area contributed by atoms with Gasteiger partial charge in [0, 0.05) is 18.2 Å². The Hall–Kier alpha value is -3.49. The first-order chi connectivity index (χ1) is 14.4. The van der Waals surface area contributed by atoms with Gasteiger partial charge in [-0.2, -0.15) is 0 Å². The molecule has 1 heterocycles. The highest BCUT2D eigenvalue weighted by molar-refractivity contribution is 6.07. The molecular formula is C21H26N2O7. The molecule has 2 N–H and O–H groups in total. The number of furan rings is 1.